The molecule has 12 heteroatoms. The number of rotatable bonds is 6. The first-order valence-electron chi connectivity index (χ1n) is 11.0. The van der Waals surface area contributed by atoms with Crippen LogP contribution in [0.3, 0.4) is 0 Å². The molecule has 0 spiro atoms. The predicted molar refractivity (Wildman–Crippen MR) is 140 cm³/mol. The molecule has 3 heterocycles. The van der Waals surface area contributed by atoms with Gasteiger partial charge in [0, 0.05) is 44.5 Å². The number of benzene rings is 2. The number of fused-ring (bicyclic) bond motifs is 1. The number of hydrogen-bond acceptors (Lipinski definition) is 7. The minimum Gasteiger partial charge on any atom is -0.368 e. The monoisotopic (exact) mass is 532 g/mol. The van der Waals surface area contributed by atoms with Crippen LogP contribution in [0.5, 0.6) is 0 Å². The normalized spacial score (nSPS) is 15.4. The van der Waals surface area contributed by atoms with E-state index < -0.39 is 10.0 Å². The second-order valence-corrected chi connectivity index (χ2v) is 11.2. The van der Waals surface area contributed by atoms with Gasteiger partial charge in [-0.1, -0.05) is 29.0 Å². The van der Waals surface area contributed by atoms with Gasteiger partial charge < -0.3 is 14.4 Å². The molecular weight excluding hydrogens is 508 g/mol. The van der Waals surface area contributed by atoms with Gasteiger partial charge in [0.2, 0.25) is 11.0 Å². The highest BCUT2D eigenvalue weighted by atomic mass is 35.5. The molecule has 0 aliphatic carbocycles. The molecule has 1 aliphatic rings. The number of nitrogens with one attached hydrogen (secondary N) is 1. The Morgan fingerprint density at radius 3 is 2.54 bits per heavy atom. The van der Waals surface area contributed by atoms with Gasteiger partial charge in [0.15, 0.2) is 0 Å². The van der Waals surface area contributed by atoms with Crippen molar-refractivity contribution < 1.29 is 14.6 Å². The third-order valence-electron chi connectivity index (χ3n) is 6.15. The lowest BCUT2D eigenvalue weighted by atomic mass is 10.2. The SMILES string of the molecule is C[C@H](C(=O)N1CCN(c2ccc(S(=O)(=O)Nc3nncs3)cc2)CC1)n1ccc2ccc(Cl)cc21.[HH]. The molecule has 0 unspecified atom stereocenters. The molecule has 184 valence electrons. The summed E-state index contributed by atoms with van der Waals surface area (Å²) in [6.45, 7) is 4.39. The number of piperazine rings is 1. The van der Waals surface area contributed by atoms with E-state index >= 15 is 0 Å². The average Bonchev–Trinajstić information content (AvgIpc) is 3.52. The van der Waals surface area contributed by atoms with Crippen molar-refractivity contribution in [1.82, 2.24) is 19.7 Å². The number of hydrogen-bond donors (Lipinski definition) is 1. The van der Waals surface area contributed by atoms with Gasteiger partial charge in [-0.25, -0.2) is 8.42 Å². The first-order valence-corrected chi connectivity index (χ1v) is 13.7. The summed E-state index contributed by atoms with van der Waals surface area (Å²) in [5.74, 6) is 0.0614. The van der Waals surface area contributed by atoms with Crippen molar-refractivity contribution in [3.05, 3.63) is 65.3 Å². The third-order valence-corrected chi connectivity index (χ3v) is 8.47. The second kappa shape index (κ2) is 9.48. The van der Waals surface area contributed by atoms with Crippen LogP contribution in [0.4, 0.5) is 10.8 Å². The molecule has 2 aromatic heterocycles. The van der Waals surface area contributed by atoms with E-state index in [0.29, 0.717) is 31.2 Å². The van der Waals surface area contributed by atoms with Gasteiger partial charge in [0.25, 0.3) is 10.0 Å². The van der Waals surface area contributed by atoms with Crippen molar-refractivity contribution in [2.75, 3.05) is 35.8 Å². The number of carbonyl (C=O) groups excluding carboxylic acids is 1. The number of aromatic nitrogens is 3. The highest BCUT2D eigenvalue weighted by Gasteiger charge is 2.27. The van der Waals surface area contributed by atoms with Crippen LogP contribution in [0.25, 0.3) is 10.9 Å². The molecule has 9 nitrogen and oxygen atoms in total. The lowest BCUT2D eigenvalue weighted by molar-refractivity contribution is -0.134. The summed E-state index contributed by atoms with van der Waals surface area (Å²) >= 11 is 7.28. The Morgan fingerprint density at radius 2 is 1.86 bits per heavy atom. The van der Waals surface area contributed by atoms with Crippen LogP contribution < -0.4 is 9.62 Å². The van der Waals surface area contributed by atoms with Gasteiger partial charge >= 0.3 is 0 Å². The van der Waals surface area contributed by atoms with Gasteiger partial charge in [-0.05, 0) is 54.8 Å². The van der Waals surface area contributed by atoms with E-state index in [-0.39, 0.29) is 23.4 Å². The van der Waals surface area contributed by atoms with Gasteiger partial charge in [-0.15, -0.1) is 10.2 Å². The Hall–Kier alpha value is -3.15. The van der Waals surface area contributed by atoms with E-state index in [2.05, 4.69) is 19.8 Å². The van der Waals surface area contributed by atoms with Crippen molar-refractivity contribution >= 4 is 60.6 Å². The Labute approximate surface area is 213 Å². The van der Waals surface area contributed by atoms with Crippen molar-refractivity contribution in [3.8, 4) is 0 Å². The summed E-state index contributed by atoms with van der Waals surface area (Å²) in [7, 11) is -3.72. The minimum atomic E-state index is -3.72. The van der Waals surface area contributed by atoms with Gasteiger partial charge in [-0.2, -0.15) is 0 Å². The summed E-state index contributed by atoms with van der Waals surface area (Å²) in [6, 6.07) is 14.0. The molecule has 1 amide bonds. The van der Waals surface area contributed by atoms with Gasteiger partial charge in [-0.3, -0.25) is 9.52 Å². The molecule has 2 aromatic carbocycles. The summed E-state index contributed by atoms with van der Waals surface area (Å²) in [5.41, 5.74) is 3.31. The van der Waals surface area contributed by atoms with E-state index in [1.165, 1.54) is 5.51 Å². The Morgan fingerprint density at radius 1 is 1.11 bits per heavy atom. The standard InChI is InChI=1S/C23H23ClN6O3S2.H2/c1-16(30-9-8-17-2-3-18(24)14-21(17)30)22(31)29-12-10-28(11-13-29)19-4-6-20(7-5-19)35(32,33)27-23-26-25-15-34-23;/h2-9,14-16H,10-13H2,1H3,(H,26,27);1H/t16-;/m1./s1. The largest absolute Gasteiger partial charge is 0.368 e. The van der Waals surface area contributed by atoms with Crippen molar-refractivity contribution in [1.29, 1.82) is 0 Å². The van der Waals surface area contributed by atoms with Crippen molar-refractivity contribution in [3.63, 3.8) is 0 Å². The predicted octanol–water partition coefficient (Wildman–Crippen LogP) is 4.10. The van der Waals surface area contributed by atoms with Crippen molar-refractivity contribution in [2.24, 2.45) is 0 Å². The van der Waals surface area contributed by atoms with E-state index in [0.717, 1.165) is 27.9 Å². The summed E-state index contributed by atoms with van der Waals surface area (Å²) < 4.78 is 29.4. The lowest BCUT2D eigenvalue weighted by Crippen LogP contribution is -2.50. The van der Waals surface area contributed by atoms with E-state index in [1.807, 2.05) is 46.9 Å². The third kappa shape index (κ3) is 4.84. The summed E-state index contributed by atoms with van der Waals surface area (Å²) in [4.78, 5) is 17.4. The fourth-order valence-electron chi connectivity index (χ4n) is 4.26. The maximum absolute atomic E-state index is 13.2. The number of amides is 1. The van der Waals surface area contributed by atoms with Crippen LogP contribution in [-0.4, -0.2) is 60.2 Å². The van der Waals surface area contributed by atoms with Gasteiger partial charge in [0.05, 0.1) is 10.4 Å². The summed E-state index contributed by atoms with van der Waals surface area (Å²) in [6.07, 6.45) is 1.93. The number of halogens is 1. The van der Waals surface area contributed by atoms with Crippen LogP contribution in [0, 0.1) is 0 Å². The zero-order chi connectivity index (χ0) is 24.6. The Balaban J connectivity index is 0.00000304. The molecule has 1 N–H and O–H groups in total. The molecule has 1 atom stereocenters. The zero-order valence-electron chi connectivity index (χ0n) is 18.8. The Kier molecular flexibility index (Phi) is 6.39. The second-order valence-electron chi connectivity index (χ2n) is 8.26. The van der Waals surface area contributed by atoms with E-state index in [4.69, 9.17) is 11.6 Å². The molecule has 4 aromatic rings. The fraction of sp³-hybridized carbons (Fsp3) is 0.261. The smallest absolute Gasteiger partial charge is 0.263 e. The molecular formula is C23H25ClN6O3S2. The quantitative estimate of drug-likeness (QED) is 0.401. The molecule has 5 rings (SSSR count). The van der Waals surface area contributed by atoms with E-state index in [1.54, 1.807) is 24.3 Å². The summed E-state index contributed by atoms with van der Waals surface area (Å²) in [5, 5.41) is 9.26. The first kappa shape index (κ1) is 23.6. The fourth-order valence-corrected chi connectivity index (χ4v) is 6.12. The van der Waals surface area contributed by atoms with E-state index in [9.17, 15) is 13.2 Å². The maximum atomic E-state index is 13.2. The number of carbonyl (C=O) groups is 1. The average molecular weight is 533 g/mol. The number of anilines is 2. The van der Waals surface area contributed by atoms with Crippen molar-refractivity contribution in [2.45, 2.75) is 17.9 Å². The number of sulfonamides is 1. The molecule has 0 radical (unpaired) electrons. The Bertz CT molecular complexity index is 1450. The van der Waals surface area contributed by atoms with Crippen LogP contribution in [0.2, 0.25) is 5.02 Å². The minimum absolute atomic E-state index is 0. The molecule has 0 bridgehead atoms. The highest BCUT2D eigenvalue weighted by molar-refractivity contribution is 7.93. The topological polar surface area (TPSA) is 100 Å². The van der Waals surface area contributed by atoms with Crippen LogP contribution in [-0.2, 0) is 14.8 Å². The zero-order valence-corrected chi connectivity index (χ0v) is 21.2. The van der Waals surface area contributed by atoms with Gasteiger partial charge in [0.1, 0.15) is 11.6 Å². The van der Waals surface area contributed by atoms with Crippen LogP contribution in [0.15, 0.2) is 65.1 Å². The lowest BCUT2D eigenvalue weighted by Gasteiger charge is -2.37. The highest BCUT2D eigenvalue weighted by Crippen LogP contribution is 2.26. The first-order chi connectivity index (χ1) is 16.8. The number of nitrogens with zero attached hydrogens (tertiary/aromatic N) is 5. The molecule has 1 saturated heterocycles. The molecule has 1 aliphatic heterocycles. The molecule has 0 saturated carbocycles. The molecule has 35 heavy (non-hydrogen) atoms. The van der Waals surface area contributed by atoms with Crippen LogP contribution >= 0.6 is 22.9 Å². The van der Waals surface area contributed by atoms with Crippen LogP contribution in [0.1, 0.15) is 14.4 Å². The maximum Gasteiger partial charge on any atom is 0.263 e. The molecule has 1 fully saturated rings.